The van der Waals surface area contributed by atoms with Crippen LogP contribution in [0.2, 0.25) is 5.02 Å². The number of halogens is 1. The van der Waals surface area contributed by atoms with E-state index in [1.54, 1.807) is 6.21 Å². The zero-order chi connectivity index (χ0) is 19.9. The Hall–Kier alpha value is -2.64. The molecule has 0 spiro atoms. The number of thioether (sulfide) groups is 1. The van der Waals surface area contributed by atoms with Crippen LogP contribution in [-0.2, 0) is 11.3 Å². The van der Waals surface area contributed by atoms with E-state index in [1.165, 1.54) is 11.8 Å². The number of amides is 1. The number of carbonyl (C=O) groups is 1. The van der Waals surface area contributed by atoms with Crippen molar-refractivity contribution >= 4 is 35.5 Å². The summed E-state index contributed by atoms with van der Waals surface area (Å²) in [7, 11) is 0. The number of benzene rings is 2. The van der Waals surface area contributed by atoms with Gasteiger partial charge in [0.1, 0.15) is 0 Å². The Morgan fingerprint density at radius 2 is 1.96 bits per heavy atom. The molecule has 28 heavy (non-hydrogen) atoms. The molecule has 0 atom stereocenters. The van der Waals surface area contributed by atoms with E-state index >= 15 is 0 Å². The lowest BCUT2D eigenvalue weighted by Gasteiger charge is -2.07. The third kappa shape index (κ3) is 4.99. The fourth-order valence-corrected chi connectivity index (χ4v) is 3.48. The van der Waals surface area contributed by atoms with Gasteiger partial charge in [0.05, 0.1) is 12.0 Å². The largest absolute Gasteiger partial charge is 0.302 e. The molecule has 8 heteroatoms. The number of nitrogens with zero attached hydrogens (tertiary/aromatic N) is 4. The van der Waals surface area contributed by atoms with E-state index in [1.807, 2.05) is 66.9 Å². The van der Waals surface area contributed by atoms with Crippen molar-refractivity contribution in [2.45, 2.75) is 25.5 Å². The van der Waals surface area contributed by atoms with Gasteiger partial charge in [-0.25, -0.2) is 5.43 Å². The standard InChI is InChI=1S/C20H20ClN5OS/c1-3-26-19(15-8-10-17(21)11-9-15)24-25-20(26)28-13-18(27)23-22-12-16-7-5-4-6-14(16)2/h4-12H,3,13H2,1-2H3,(H,23,27)/b22-12+. The monoisotopic (exact) mass is 413 g/mol. The summed E-state index contributed by atoms with van der Waals surface area (Å²) in [5.41, 5.74) is 5.54. The Morgan fingerprint density at radius 1 is 1.21 bits per heavy atom. The summed E-state index contributed by atoms with van der Waals surface area (Å²) in [6.07, 6.45) is 1.64. The van der Waals surface area contributed by atoms with Gasteiger partial charge < -0.3 is 4.57 Å². The molecule has 1 aromatic heterocycles. The maximum atomic E-state index is 12.1. The minimum absolute atomic E-state index is 0.198. The van der Waals surface area contributed by atoms with Crippen LogP contribution in [0, 0.1) is 6.92 Å². The van der Waals surface area contributed by atoms with Crippen LogP contribution in [0.5, 0.6) is 0 Å². The van der Waals surface area contributed by atoms with Crippen LogP contribution in [0.3, 0.4) is 0 Å². The second-order valence-electron chi connectivity index (χ2n) is 6.00. The Morgan fingerprint density at radius 3 is 2.68 bits per heavy atom. The number of carbonyl (C=O) groups excluding carboxylic acids is 1. The zero-order valence-corrected chi connectivity index (χ0v) is 17.2. The van der Waals surface area contributed by atoms with Gasteiger partial charge in [-0.2, -0.15) is 5.10 Å². The number of nitrogens with one attached hydrogen (secondary N) is 1. The van der Waals surface area contributed by atoms with Crippen LogP contribution in [0.1, 0.15) is 18.1 Å². The quantitative estimate of drug-likeness (QED) is 0.358. The molecule has 1 N–H and O–H groups in total. The van der Waals surface area contributed by atoms with Gasteiger partial charge in [-0.1, -0.05) is 47.6 Å². The lowest BCUT2D eigenvalue weighted by Crippen LogP contribution is -2.20. The second-order valence-corrected chi connectivity index (χ2v) is 7.37. The zero-order valence-electron chi connectivity index (χ0n) is 15.6. The number of hydrazone groups is 1. The summed E-state index contributed by atoms with van der Waals surface area (Å²) in [5, 5.41) is 13.9. The highest BCUT2D eigenvalue weighted by Crippen LogP contribution is 2.24. The molecule has 0 bridgehead atoms. The number of rotatable bonds is 7. The van der Waals surface area contributed by atoms with Gasteiger partial charge in [0, 0.05) is 17.1 Å². The molecule has 1 heterocycles. The van der Waals surface area contributed by atoms with Gasteiger partial charge in [-0.15, -0.1) is 10.2 Å². The van der Waals surface area contributed by atoms with E-state index in [9.17, 15) is 4.79 Å². The highest BCUT2D eigenvalue weighted by Gasteiger charge is 2.14. The maximum Gasteiger partial charge on any atom is 0.250 e. The first-order valence-electron chi connectivity index (χ1n) is 8.78. The van der Waals surface area contributed by atoms with Gasteiger partial charge in [-0.3, -0.25) is 4.79 Å². The molecule has 144 valence electrons. The van der Waals surface area contributed by atoms with Crippen LogP contribution in [0.15, 0.2) is 58.8 Å². The lowest BCUT2D eigenvalue weighted by atomic mass is 10.1. The smallest absolute Gasteiger partial charge is 0.250 e. The van der Waals surface area contributed by atoms with Crippen molar-refractivity contribution in [1.29, 1.82) is 0 Å². The molecular weight excluding hydrogens is 394 g/mol. The van der Waals surface area contributed by atoms with Gasteiger partial charge in [0.2, 0.25) is 0 Å². The summed E-state index contributed by atoms with van der Waals surface area (Å²) in [4.78, 5) is 12.1. The first-order chi connectivity index (χ1) is 13.6. The molecule has 0 saturated heterocycles. The summed E-state index contributed by atoms with van der Waals surface area (Å²) >= 11 is 7.27. The molecule has 0 aliphatic rings. The molecule has 0 fully saturated rings. The predicted molar refractivity (Wildman–Crippen MR) is 114 cm³/mol. The third-order valence-corrected chi connectivity index (χ3v) is 5.27. The SMILES string of the molecule is CCn1c(SCC(=O)N/N=C/c2ccccc2C)nnc1-c1ccc(Cl)cc1. The van der Waals surface area contributed by atoms with E-state index in [2.05, 4.69) is 20.7 Å². The van der Waals surface area contributed by atoms with E-state index in [4.69, 9.17) is 11.6 Å². The fourth-order valence-electron chi connectivity index (χ4n) is 2.56. The van der Waals surface area contributed by atoms with Gasteiger partial charge >= 0.3 is 0 Å². The fraction of sp³-hybridized carbons (Fsp3) is 0.200. The van der Waals surface area contributed by atoms with Crippen molar-refractivity contribution in [3.63, 3.8) is 0 Å². The van der Waals surface area contributed by atoms with Crippen molar-refractivity contribution in [2.24, 2.45) is 5.10 Å². The van der Waals surface area contributed by atoms with E-state index in [0.717, 1.165) is 22.5 Å². The number of aromatic nitrogens is 3. The van der Waals surface area contributed by atoms with Crippen LogP contribution >= 0.6 is 23.4 Å². The Bertz CT molecular complexity index is 985. The van der Waals surface area contributed by atoms with Crippen molar-refractivity contribution in [3.05, 3.63) is 64.7 Å². The van der Waals surface area contributed by atoms with Gasteiger partial charge in [0.25, 0.3) is 5.91 Å². The van der Waals surface area contributed by atoms with E-state index in [-0.39, 0.29) is 11.7 Å². The summed E-state index contributed by atoms with van der Waals surface area (Å²) in [5.74, 6) is 0.748. The molecule has 1 amide bonds. The van der Waals surface area contributed by atoms with Crippen LogP contribution in [0.25, 0.3) is 11.4 Å². The second kappa shape index (κ2) is 9.52. The normalized spacial score (nSPS) is 11.1. The average Bonchev–Trinajstić information content (AvgIpc) is 3.11. The Balaban J connectivity index is 1.60. The molecule has 0 aliphatic carbocycles. The molecule has 2 aromatic carbocycles. The Labute approximate surface area is 173 Å². The molecule has 0 aliphatic heterocycles. The molecule has 0 unspecified atom stereocenters. The topological polar surface area (TPSA) is 72.2 Å². The maximum absolute atomic E-state index is 12.1. The van der Waals surface area contributed by atoms with Crippen molar-refractivity contribution in [1.82, 2.24) is 20.2 Å². The minimum Gasteiger partial charge on any atom is -0.302 e. The highest BCUT2D eigenvalue weighted by atomic mass is 35.5. The number of hydrogen-bond acceptors (Lipinski definition) is 5. The first-order valence-corrected chi connectivity index (χ1v) is 10.1. The minimum atomic E-state index is -0.200. The Kier molecular flexibility index (Phi) is 6.84. The molecule has 0 radical (unpaired) electrons. The highest BCUT2D eigenvalue weighted by molar-refractivity contribution is 7.99. The number of aryl methyl sites for hydroxylation is 1. The molecule has 6 nitrogen and oxygen atoms in total. The van der Waals surface area contributed by atoms with Crippen LogP contribution in [0.4, 0.5) is 0 Å². The summed E-state index contributed by atoms with van der Waals surface area (Å²) < 4.78 is 1.97. The molecular formula is C20H20ClN5OS. The summed E-state index contributed by atoms with van der Waals surface area (Å²) in [6.45, 7) is 4.70. The van der Waals surface area contributed by atoms with Crippen LogP contribution < -0.4 is 5.43 Å². The third-order valence-electron chi connectivity index (χ3n) is 4.05. The van der Waals surface area contributed by atoms with E-state index in [0.29, 0.717) is 16.7 Å². The van der Waals surface area contributed by atoms with Gasteiger partial charge in [0.15, 0.2) is 11.0 Å². The van der Waals surface area contributed by atoms with Crippen molar-refractivity contribution < 1.29 is 4.79 Å². The van der Waals surface area contributed by atoms with Gasteiger partial charge in [-0.05, 0) is 49.2 Å². The lowest BCUT2D eigenvalue weighted by molar-refractivity contribution is -0.118. The number of hydrogen-bond donors (Lipinski definition) is 1. The molecule has 3 aromatic rings. The molecule has 0 saturated carbocycles. The average molecular weight is 414 g/mol. The first kappa shape index (κ1) is 20.1. The van der Waals surface area contributed by atoms with Crippen molar-refractivity contribution in [2.75, 3.05) is 5.75 Å². The summed E-state index contributed by atoms with van der Waals surface area (Å²) in [6, 6.07) is 15.3. The predicted octanol–water partition coefficient (Wildman–Crippen LogP) is 4.17. The van der Waals surface area contributed by atoms with E-state index < -0.39 is 0 Å². The molecule has 3 rings (SSSR count). The van der Waals surface area contributed by atoms with Crippen LogP contribution in [-0.4, -0.2) is 32.6 Å². The van der Waals surface area contributed by atoms with Crippen molar-refractivity contribution in [3.8, 4) is 11.4 Å².